The molecule has 0 bridgehead atoms. The van der Waals surface area contributed by atoms with Crippen molar-refractivity contribution in [2.75, 3.05) is 7.05 Å². The molecule has 1 aromatic heterocycles. The third-order valence-electron chi connectivity index (χ3n) is 5.06. The van der Waals surface area contributed by atoms with Crippen LogP contribution < -0.4 is 5.63 Å². The third kappa shape index (κ3) is 3.38. The van der Waals surface area contributed by atoms with Crippen molar-refractivity contribution in [3.63, 3.8) is 0 Å². The first-order valence-corrected chi connectivity index (χ1v) is 8.91. The highest BCUT2D eigenvalue weighted by Gasteiger charge is 2.15. The smallest absolute Gasteiger partial charge is 0.336 e. The van der Waals surface area contributed by atoms with Gasteiger partial charge in [-0.1, -0.05) is 29.8 Å². The number of hydrogen-bond acceptors (Lipinski definition) is 3. The number of hydrogen-bond donors (Lipinski definition) is 0. The Morgan fingerprint density at radius 3 is 2.48 bits per heavy atom. The molecule has 1 heterocycles. The monoisotopic (exact) mass is 333 g/mol. The van der Waals surface area contributed by atoms with Crippen LogP contribution in [-0.2, 0) is 25.9 Å². The molecule has 1 aliphatic rings. The summed E-state index contributed by atoms with van der Waals surface area (Å²) in [4.78, 5) is 14.2. The summed E-state index contributed by atoms with van der Waals surface area (Å²) < 4.78 is 5.47. The predicted octanol–water partition coefficient (Wildman–Crippen LogP) is 4.22. The minimum atomic E-state index is -0.260. The average molecular weight is 333 g/mol. The Morgan fingerprint density at radius 2 is 1.72 bits per heavy atom. The predicted molar refractivity (Wildman–Crippen MR) is 101 cm³/mol. The van der Waals surface area contributed by atoms with Gasteiger partial charge in [-0.05, 0) is 67.6 Å². The van der Waals surface area contributed by atoms with Crippen molar-refractivity contribution in [2.45, 2.75) is 39.3 Å². The second-order valence-electron chi connectivity index (χ2n) is 7.22. The molecule has 0 spiro atoms. The van der Waals surface area contributed by atoms with Gasteiger partial charge in [0.15, 0.2) is 0 Å². The van der Waals surface area contributed by atoms with Crippen LogP contribution in [0.4, 0.5) is 0 Å². The summed E-state index contributed by atoms with van der Waals surface area (Å²) in [5, 5.41) is 1.08. The molecule has 0 fully saturated rings. The molecule has 0 atom stereocenters. The van der Waals surface area contributed by atoms with Crippen molar-refractivity contribution in [3.8, 4) is 0 Å². The number of nitrogens with zero attached hydrogens (tertiary/aromatic N) is 1. The maximum atomic E-state index is 12.0. The third-order valence-corrected chi connectivity index (χ3v) is 5.06. The zero-order chi connectivity index (χ0) is 17.4. The van der Waals surface area contributed by atoms with Crippen molar-refractivity contribution in [2.24, 2.45) is 0 Å². The summed E-state index contributed by atoms with van der Waals surface area (Å²) in [6.07, 6.45) is 3.41. The topological polar surface area (TPSA) is 33.5 Å². The van der Waals surface area contributed by atoms with Gasteiger partial charge in [0.05, 0.1) is 0 Å². The van der Waals surface area contributed by atoms with Gasteiger partial charge in [0, 0.05) is 24.5 Å². The molecule has 2 aromatic carbocycles. The Labute approximate surface area is 147 Å². The van der Waals surface area contributed by atoms with Gasteiger partial charge in [0.25, 0.3) is 0 Å². The largest absolute Gasteiger partial charge is 0.423 e. The van der Waals surface area contributed by atoms with E-state index in [0.717, 1.165) is 42.5 Å². The molecule has 0 aliphatic heterocycles. The lowest BCUT2D eigenvalue weighted by Crippen LogP contribution is -2.18. The van der Waals surface area contributed by atoms with E-state index in [2.05, 4.69) is 55.3 Å². The Kier molecular flexibility index (Phi) is 4.18. The second kappa shape index (κ2) is 6.49. The summed E-state index contributed by atoms with van der Waals surface area (Å²) >= 11 is 0. The molecule has 3 nitrogen and oxygen atoms in total. The quantitative estimate of drug-likeness (QED) is 0.670. The van der Waals surface area contributed by atoms with E-state index in [9.17, 15) is 4.79 Å². The van der Waals surface area contributed by atoms with Crippen LogP contribution in [0.2, 0.25) is 0 Å². The molecule has 25 heavy (non-hydrogen) atoms. The van der Waals surface area contributed by atoms with Gasteiger partial charge in [-0.15, -0.1) is 0 Å². The average Bonchev–Trinajstić information content (AvgIpc) is 3.02. The van der Waals surface area contributed by atoms with Crippen molar-refractivity contribution in [1.29, 1.82) is 0 Å². The molecule has 3 heteroatoms. The van der Waals surface area contributed by atoms with Crippen LogP contribution in [-0.4, -0.2) is 11.9 Å². The Balaban J connectivity index is 1.64. The van der Waals surface area contributed by atoms with Crippen LogP contribution in [0.3, 0.4) is 0 Å². The van der Waals surface area contributed by atoms with E-state index in [1.807, 2.05) is 0 Å². The SMILES string of the molecule is Cc1ccc(CN(C)Cc2cc(=O)oc3cc4c(cc23)CCC4)cc1. The maximum absolute atomic E-state index is 12.0. The van der Waals surface area contributed by atoms with E-state index in [4.69, 9.17) is 4.42 Å². The molecule has 1 aliphatic carbocycles. The number of fused-ring (bicyclic) bond motifs is 2. The van der Waals surface area contributed by atoms with Gasteiger partial charge in [-0.25, -0.2) is 4.79 Å². The first kappa shape index (κ1) is 16.1. The van der Waals surface area contributed by atoms with E-state index in [1.54, 1.807) is 6.07 Å². The van der Waals surface area contributed by atoms with Crippen molar-refractivity contribution in [1.82, 2.24) is 4.90 Å². The number of aryl methyl sites for hydroxylation is 3. The molecule has 0 saturated heterocycles. The fourth-order valence-corrected chi connectivity index (χ4v) is 3.78. The Hall–Kier alpha value is -2.39. The van der Waals surface area contributed by atoms with Crippen molar-refractivity contribution >= 4 is 11.0 Å². The molecule has 128 valence electrons. The first-order chi connectivity index (χ1) is 12.1. The van der Waals surface area contributed by atoms with Gasteiger partial charge in [0.2, 0.25) is 0 Å². The lowest BCUT2D eigenvalue weighted by molar-refractivity contribution is 0.319. The molecule has 0 saturated carbocycles. The lowest BCUT2D eigenvalue weighted by atomic mass is 10.0. The molecular formula is C22H23NO2. The van der Waals surface area contributed by atoms with Crippen LogP contribution in [0.15, 0.2) is 51.7 Å². The normalized spacial score (nSPS) is 13.6. The van der Waals surface area contributed by atoms with E-state index in [1.165, 1.54) is 28.7 Å². The molecule has 0 unspecified atom stereocenters. The van der Waals surface area contributed by atoms with E-state index in [-0.39, 0.29) is 5.63 Å². The van der Waals surface area contributed by atoms with Gasteiger partial charge in [0.1, 0.15) is 5.58 Å². The fourth-order valence-electron chi connectivity index (χ4n) is 3.78. The van der Waals surface area contributed by atoms with Gasteiger partial charge in [-0.3, -0.25) is 4.90 Å². The highest BCUT2D eigenvalue weighted by atomic mass is 16.4. The van der Waals surface area contributed by atoms with Crippen LogP contribution in [0, 0.1) is 6.92 Å². The summed E-state index contributed by atoms with van der Waals surface area (Å²) in [6, 6.07) is 14.6. The summed E-state index contributed by atoms with van der Waals surface area (Å²) in [6.45, 7) is 3.68. The molecular weight excluding hydrogens is 310 g/mol. The van der Waals surface area contributed by atoms with E-state index in [0.29, 0.717) is 0 Å². The highest BCUT2D eigenvalue weighted by Crippen LogP contribution is 2.29. The van der Waals surface area contributed by atoms with Crippen molar-refractivity contribution < 1.29 is 4.42 Å². The minimum Gasteiger partial charge on any atom is -0.423 e. The number of rotatable bonds is 4. The Bertz CT molecular complexity index is 970. The van der Waals surface area contributed by atoms with E-state index >= 15 is 0 Å². The first-order valence-electron chi connectivity index (χ1n) is 8.91. The second-order valence-corrected chi connectivity index (χ2v) is 7.22. The molecule has 0 radical (unpaired) electrons. The molecule has 0 N–H and O–H groups in total. The standard InChI is InChI=1S/C22H23NO2/c1-15-6-8-16(9-7-15)13-23(2)14-19-12-22(24)25-21-11-18-5-3-4-17(18)10-20(19)21/h6-12H,3-5,13-14H2,1-2H3. The van der Waals surface area contributed by atoms with Crippen LogP contribution in [0.1, 0.15) is 34.2 Å². The van der Waals surface area contributed by atoms with Crippen LogP contribution in [0.5, 0.6) is 0 Å². The summed E-state index contributed by atoms with van der Waals surface area (Å²) in [5.41, 5.74) is 6.81. The molecule has 3 aromatic rings. The molecule has 4 rings (SSSR count). The number of benzene rings is 2. The zero-order valence-electron chi connectivity index (χ0n) is 14.8. The minimum absolute atomic E-state index is 0.260. The van der Waals surface area contributed by atoms with Crippen molar-refractivity contribution in [3.05, 3.63) is 80.7 Å². The van der Waals surface area contributed by atoms with Gasteiger partial charge in [-0.2, -0.15) is 0 Å². The van der Waals surface area contributed by atoms with Gasteiger partial charge < -0.3 is 4.42 Å². The highest BCUT2D eigenvalue weighted by molar-refractivity contribution is 5.82. The summed E-state index contributed by atoms with van der Waals surface area (Å²) in [5.74, 6) is 0. The van der Waals surface area contributed by atoms with Gasteiger partial charge >= 0.3 is 5.63 Å². The fraction of sp³-hybridized carbons (Fsp3) is 0.318. The van der Waals surface area contributed by atoms with Crippen LogP contribution >= 0.6 is 0 Å². The Morgan fingerprint density at radius 1 is 1.00 bits per heavy atom. The summed E-state index contributed by atoms with van der Waals surface area (Å²) in [7, 11) is 2.09. The lowest BCUT2D eigenvalue weighted by Gasteiger charge is -2.18. The molecule has 0 amide bonds. The van der Waals surface area contributed by atoms with E-state index < -0.39 is 0 Å². The maximum Gasteiger partial charge on any atom is 0.336 e. The van der Waals surface area contributed by atoms with Crippen LogP contribution in [0.25, 0.3) is 11.0 Å². The zero-order valence-corrected chi connectivity index (χ0v) is 14.8.